The van der Waals surface area contributed by atoms with Crippen LogP contribution in [0.5, 0.6) is 5.75 Å². The van der Waals surface area contributed by atoms with Crippen molar-refractivity contribution in [3.05, 3.63) is 124 Å². The van der Waals surface area contributed by atoms with Gasteiger partial charge in [-0.1, -0.05) is 86.1 Å². The predicted molar refractivity (Wildman–Crippen MR) is 146 cm³/mol. The van der Waals surface area contributed by atoms with Gasteiger partial charge in [0, 0.05) is 16.7 Å². The van der Waals surface area contributed by atoms with Crippen LogP contribution in [0.25, 0.3) is 11.1 Å². The number of rotatable bonds is 12. The number of alkyl halides is 5. The van der Waals surface area contributed by atoms with Crippen LogP contribution < -0.4 is 4.74 Å². The van der Waals surface area contributed by atoms with E-state index in [-0.39, 0.29) is 12.2 Å². The second-order valence-electron chi connectivity index (χ2n) is 9.86. The van der Waals surface area contributed by atoms with Crippen molar-refractivity contribution in [3.8, 4) is 16.9 Å². The first-order valence-corrected chi connectivity index (χ1v) is 13.4. The molecule has 4 aromatic carbocycles. The largest absolute Gasteiger partial charge is 0.488 e. The van der Waals surface area contributed by atoms with Gasteiger partial charge in [0.25, 0.3) is 0 Å². The summed E-state index contributed by atoms with van der Waals surface area (Å²) in [5.74, 6) is -6.36. The molecule has 0 aliphatic rings. The number of benzene rings is 4. The summed E-state index contributed by atoms with van der Waals surface area (Å²) in [5.41, 5.74) is -0.177. The summed E-state index contributed by atoms with van der Waals surface area (Å²) in [5, 5.41) is 0. The molecule has 0 spiro atoms. The average Bonchev–Trinajstić information content (AvgIpc) is 2.96. The van der Waals surface area contributed by atoms with Crippen LogP contribution in [0.3, 0.4) is 0 Å². The normalized spacial score (nSPS) is 12.0. The average molecular weight is 591 g/mol. The van der Waals surface area contributed by atoms with Crippen molar-refractivity contribution < 1.29 is 40.2 Å². The minimum absolute atomic E-state index is 0.153. The molecule has 0 radical (unpaired) electrons. The van der Waals surface area contributed by atoms with Gasteiger partial charge in [-0.3, -0.25) is 0 Å². The van der Waals surface area contributed by atoms with Crippen LogP contribution >= 0.6 is 0 Å². The van der Waals surface area contributed by atoms with E-state index in [1.54, 1.807) is 42.5 Å². The summed E-state index contributed by atoms with van der Waals surface area (Å²) < 4.78 is 110. The van der Waals surface area contributed by atoms with Crippen molar-refractivity contribution in [1.29, 1.82) is 0 Å². The molecule has 0 aliphatic heterocycles. The Morgan fingerprint density at radius 1 is 0.738 bits per heavy atom. The van der Waals surface area contributed by atoms with Crippen molar-refractivity contribution in [2.45, 2.75) is 51.5 Å². The molecule has 0 unspecified atom stereocenters. The molecule has 42 heavy (non-hydrogen) atoms. The number of aryl methyl sites for hydroxylation is 1. The fourth-order valence-electron chi connectivity index (χ4n) is 4.47. The second-order valence-corrected chi connectivity index (χ2v) is 9.86. The Labute approximate surface area is 239 Å². The van der Waals surface area contributed by atoms with Gasteiger partial charge in [0.05, 0.1) is 6.61 Å². The Balaban J connectivity index is 1.66. The fourth-order valence-corrected chi connectivity index (χ4v) is 4.47. The van der Waals surface area contributed by atoms with Gasteiger partial charge in [-0.2, -0.15) is 22.0 Å². The van der Waals surface area contributed by atoms with Gasteiger partial charge < -0.3 is 9.47 Å². The molecule has 0 aromatic heterocycles. The zero-order chi connectivity index (χ0) is 30.3. The van der Waals surface area contributed by atoms with Crippen molar-refractivity contribution in [1.82, 2.24) is 0 Å². The first-order valence-electron chi connectivity index (χ1n) is 13.4. The second kappa shape index (κ2) is 13.4. The van der Waals surface area contributed by atoms with Gasteiger partial charge in [0.2, 0.25) is 0 Å². The van der Waals surface area contributed by atoms with Gasteiger partial charge in [-0.15, -0.1) is 0 Å². The molecule has 0 bridgehead atoms. The lowest BCUT2D eigenvalue weighted by Gasteiger charge is -2.23. The molecule has 0 fully saturated rings. The van der Waals surface area contributed by atoms with E-state index >= 15 is 13.2 Å². The van der Waals surface area contributed by atoms with Gasteiger partial charge in [-0.05, 0) is 41.7 Å². The Morgan fingerprint density at radius 3 is 2.10 bits per heavy atom. The molecular weight excluding hydrogens is 561 g/mol. The summed E-state index contributed by atoms with van der Waals surface area (Å²) in [6.45, 7) is -0.661. The third-order valence-corrected chi connectivity index (χ3v) is 6.67. The lowest BCUT2D eigenvalue weighted by molar-refractivity contribution is -0.176. The molecule has 2 nitrogen and oxygen atoms in total. The highest BCUT2D eigenvalue weighted by Gasteiger charge is 2.41. The lowest BCUT2D eigenvalue weighted by atomic mass is 9.94. The zero-order valence-electron chi connectivity index (χ0n) is 22.8. The minimum Gasteiger partial charge on any atom is -0.488 e. The number of ether oxygens (including phenoxy) is 2. The quantitative estimate of drug-likeness (QED) is 0.153. The Morgan fingerprint density at radius 2 is 1.45 bits per heavy atom. The Hall–Kier alpha value is -3.85. The maximum Gasteiger partial charge on any atom is 0.411 e. The van der Waals surface area contributed by atoms with Gasteiger partial charge in [0.15, 0.2) is 0 Å². The third kappa shape index (κ3) is 7.70. The Kier molecular flexibility index (Phi) is 9.93. The number of hydrogen-bond acceptors (Lipinski definition) is 2. The number of unbranched alkanes of at least 4 members (excludes halogenated alkanes) is 1. The number of hydrogen-bond donors (Lipinski definition) is 0. The van der Waals surface area contributed by atoms with Gasteiger partial charge in [-0.25, -0.2) is 8.78 Å². The van der Waals surface area contributed by atoms with E-state index in [1.807, 2.05) is 6.92 Å². The highest BCUT2D eigenvalue weighted by molar-refractivity contribution is 5.65. The maximum atomic E-state index is 16.0. The van der Waals surface area contributed by atoms with Crippen LogP contribution in [-0.2, 0) is 30.3 Å². The predicted octanol–water partition coefficient (Wildman–Crippen LogP) is 9.77. The molecule has 0 saturated heterocycles. The van der Waals surface area contributed by atoms with Crippen LogP contribution in [-0.4, -0.2) is 12.8 Å². The standard InChI is InChI=1S/C33H29F7O2/c1-2-3-7-22-10-16-27(28(34)18-22)24-11-14-26(15-12-24)33(39,40)30-29(42-19-23-8-5-4-6-9-23)17-13-25(31(30)35)20-41-21-32(36,37)38/h4-6,8-18H,2-3,7,19-21H2,1H3. The van der Waals surface area contributed by atoms with E-state index < -0.39 is 59.4 Å². The molecule has 0 heterocycles. The van der Waals surface area contributed by atoms with Gasteiger partial charge >= 0.3 is 12.1 Å². The lowest BCUT2D eigenvalue weighted by Crippen LogP contribution is -2.21. The maximum absolute atomic E-state index is 16.0. The zero-order valence-corrected chi connectivity index (χ0v) is 22.8. The van der Waals surface area contributed by atoms with Crippen LogP contribution in [0.2, 0.25) is 0 Å². The van der Waals surface area contributed by atoms with E-state index in [2.05, 4.69) is 4.74 Å². The SMILES string of the molecule is CCCCc1ccc(-c2ccc(C(F)(F)c3c(OCc4ccccc4)ccc(COCC(F)(F)F)c3F)cc2)c(F)c1. The fraction of sp³-hybridized carbons (Fsp3) is 0.273. The van der Waals surface area contributed by atoms with E-state index in [1.165, 1.54) is 18.2 Å². The topological polar surface area (TPSA) is 18.5 Å². The molecule has 0 N–H and O–H groups in total. The molecule has 0 aliphatic carbocycles. The first-order chi connectivity index (χ1) is 20.0. The van der Waals surface area contributed by atoms with Crippen LogP contribution in [0, 0.1) is 11.6 Å². The highest BCUT2D eigenvalue weighted by atomic mass is 19.4. The van der Waals surface area contributed by atoms with Crippen molar-refractivity contribution >= 4 is 0 Å². The summed E-state index contributed by atoms with van der Waals surface area (Å²) in [6, 6.07) is 20.3. The molecular formula is C33H29F7O2. The monoisotopic (exact) mass is 590 g/mol. The van der Waals surface area contributed by atoms with E-state index in [4.69, 9.17) is 4.74 Å². The molecule has 4 aromatic rings. The molecule has 222 valence electrons. The van der Waals surface area contributed by atoms with Crippen LogP contribution in [0.15, 0.2) is 84.9 Å². The summed E-state index contributed by atoms with van der Waals surface area (Å²) in [6.07, 6.45) is -2.08. The Bertz CT molecular complexity index is 1470. The summed E-state index contributed by atoms with van der Waals surface area (Å²) in [7, 11) is 0. The van der Waals surface area contributed by atoms with Crippen molar-refractivity contribution in [2.24, 2.45) is 0 Å². The number of halogens is 7. The van der Waals surface area contributed by atoms with E-state index in [0.29, 0.717) is 11.1 Å². The molecule has 0 atom stereocenters. The van der Waals surface area contributed by atoms with E-state index in [9.17, 15) is 17.6 Å². The molecule has 0 amide bonds. The summed E-state index contributed by atoms with van der Waals surface area (Å²) in [4.78, 5) is 0. The molecule has 9 heteroatoms. The molecule has 0 saturated carbocycles. The first kappa shape index (κ1) is 31.1. The van der Waals surface area contributed by atoms with Gasteiger partial charge in [0.1, 0.15) is 36.2 Å². The molecule has 4 rings (SSSR count). The van der Waals surface area contributed by atoms with Crippen LogP contribution in [0.4, 0.5) is 30.7 Å². The van der Waals surface area contributed by atoms with Crippen molar-refractivity contribution in [2.75, 3.05) is 6.61 Å². The minimum atomic E-state index is -4.67. The third-order valence-electron chi connectivity index (χ3n) is 6.67. The van der Waals surface area contributed by atoms with E-state index in [0.717, 1.165) is 49.1 Å². The highest BCUT2D eigenvalue weighted by Crippen LogP contribution is 2.44. The van der Waals surface area contributed by atoms with Crippen molar-refractivity contribution in [3.63, 3.8) is 0 Å². The van der Waals surface area contributed by atoms with Crippen LogP contribution in [0.1, 0.15) is 47.6 Å². The summed E-state index contributed by atoms with van der Waals surface area (Å²) >= 11 is 0. The smallest absolute Gasteiger partial charge is 0.411 e.